The highest BCUT2D eigenvalue weighted by molar-refractivity contribution is 5.81. The molecule has 21 heavy (non-hydrogen) atoms. The van der Waals surface area contributed by atoms with Crippen molar-refractivity contribution in [2.75, 3.05) is 6.61 Å². The number of amides is 1. The smallest absolute Gasteiger partial charge is 0.249 e. The molecule has 1 saturated heterocycles. The van der Waals surface area contributed by atoms with E-state index >= 15 is 0 Å². The Morgan fingerprint density at radius 2 is 2.48 bits per heavy atom. The molecule has 1 amide bonds. The number of pyridine rings is 1. The molecule has 1 aliphatic heterocycles. The van der Waals surface area contributed by atoms with Gasteiger partial charge >= 0.3 is 0 Å². The second kappa shape index (κ2) is 6.05. The Bertz CT molecular complexity index is 632. The number of nitrogens with zero attached hydrogens (tertiary/aromatic N) is 3. The molecule has 6 nitrogen and oxygen atoms in total. The number of hydrogen-bond acceptors (Lipinski definition) is 4. The second-order valence-electron chi connectivity index (χ2n) is 5.13. The number of hydrogen-bond donors (Lipinski definition) is 1. The zero-order chi connectivity index (χ0) is 14.7. The van der Waals surface area contributed by atoms with Crippen molar-refractivity contribution in [2.45, 2.75) is 25.5 Å². The van der Waals surface area contributed by atoms with Gasteiger partial charge in [-0.15, -0.1) is 0 Å². The van der Waals surface area contributed by atoms with E-state index in [2.05, 4.69) is 15.4 Å². The Morgan fingerprint density at radius 3 is 3.19 bits per heavy atom. The van der Waals surface area contributed by atoms with Crippen LogP contribution < -0.4 is 5.32 Å². The predicted molar refractivity (Wildman–Crippen MR) is 77.3 cm³/mol. The second-order valence-corrected chi connectivity index (χ2v) is 5.13. The molecule has 3 heterocycles. The molecule has 1 aliphatic rings. The van der Waals surface area contributed by atoms with Crippen LogP contribution in [0.1, 0.15) is 18.4 Å². The van der Waals surface area contributed by atoms with E-state index in [4.69, 9.17) is 4.74 Å². The lowest BCUT2D eigenvalue weighted by Crippen LogP contribution is -2.33. The predicted octanol–water partition coefficient (Wildman–Crippen LogP) is 1.28. The zero-order valence-corrected chi connectivity index (χ0v) is 12.0. The molecule has 1 N–H and O–H groups in total. The van der Waals surface area contributed by atoms with Gasteiger partial charge in [-0.3, -0.25) is 14.5 Å². The molecule has 0 saturated carbocycles. The van der Waals surface area contributed by atoms with E-state index in [0.29, 0.717) is 13.2 Å². The molecule has 0 aromatic carbocycles. The molecule has 2 aromatic rings. The zero-order valence-electron chi connectivity index (χ0n) is 12.0. The summed E-state index contributed by atoms with van der Waals surface area (Å²) in [7, 11) is 1.87. The van der Waals surface area contributed by atoms with Gasteiger partial charge in [0.15, 0.2) is 0 Å². The highest BCUT2D eigenvalue weighted by Crippen LogP contribution is 2.20. The molecular weight excluding hydrogens is 268 g/mol. The Hall–Kier alpha value is -2.21. The van der Waals surface area contributed by atoms with Crippen molar-refractivity contribution in [2.24, 2.45) is 7.05 Å². The fourth-order valence-corrected chi connectivity index (χ4v) is 2.47. The normalized spacial score (nSPS) is 17.9. The summed E-state index contributed by atoms with van der Waals surface area (Å²) in [5.41, 5.74) is 2.76. The Kier molecular flexibility index (Phi) is 3.96. The number of aryl methyl sites for hydroxylation is 1. The number of nitrogens with one attached hydrogen (secondary N) is 1. The van der Waals surface area contributed by atoms with E-state index in [1.165, 1.54) is 0 Å². The molecule has 110 valence electrons. The molecule has 6 heteroatoms. The Balaban J connectivity index is 1.72. The van der Waals surface area contributed by atoms with Gasteiger partial charge in [-0.1, -0.05) is 6.07 Å². The third-order valence-corrected chi connectivity index (χ3v) is 3.54. The minimum absolute atomic E-state index is 0.0477. The quantitative estimate of drug-likeness (QED) is 0.919. The van der Waals surface area contributed by atoms with Crippen LogP contribution in [0.3, 0.4) is 0 Å². The number of aromatic nitrogens is 3. The molecule has 1 fully saturated rings. The van der Waals surface area contributed by atoms with Crippen molar-refractivity contribution in [1.82, 2.24) is 20.1 Å². The van der Waals surface area contributed by atoms with Gasteiger partial charge in [-0.25, -0.2) is 0 Å². The van der Waals surface area contributed by atoms with Crippen LogP contribution in [0.2, 0.25) is 0 Å². The molecule has 0 radical (unpaired) electrons. The molecule has 1 atom stereocenters. The maximum atomic E-state index is 12.0. The van der Waals surface area contributed by atoms with E-state index in [9.17, 15) is 4.79 Å². The van der Waals surface area contributed by atoms with Gasteiger partial charge < -0.3 is 10.1 Å². The molecule has 0 unspecified atom stereocenters. The van der Waals surface area contributed by atoms with E-state index in [-0.39, 0.29) is 12.0 Å². The lowest BCUT2D eigenvalue weighted by Gasteiger charge is -2.12. The summed E-state index contributed by atoms with van der Waals surface area (Å²) in [6, 6.07) is 3.83. The first-order chi connectivity index (χ1) is 10.2. The van der Waals surface area contributed by atoms with Crippen LogP contribution in [0.4, 0.5) is 0 Å². The molecule has 2 aromatic heterocycles. The fourth-order valence-electron chi connectivity index (χ4n) is 2.47. The molecule has 0 spiro atoms. The molecule has 0 aliphatic carbocycles. The van der Waals surface area contributed by atoms with Crippen molar-refractivity contribution in [3.05, 3.63) is 36.3 Å². The first kappa shape index (κ1) is 13.8. The topological polar surface area (TPSA) is 69.0 Å². The van der Waals surface area contributed by atoms with E-state index in [1.807, 2.05) is 25.4 Å². The van der Waals surface area contributed by atoms with Crippen LogP contribution in [-0.4, -0.2) is 33.4 Å². The van der Waals surface area contributed by atoms with Crippen LogP contribution in [-0.2, 0) is 23.1 Å². The SMILES string of the molecule is Cn1cc(-c2ncccc2CNC(=O)[C@@H]2CCCO2)cn1. The van der Waals surface area contributed by atoms with E-state index in [0.717, 1.165) is 29.7 Å². The van der Waals surface area contributed by atoms with Gasteiger partial charge in [0.25, 0.3) is 0 Å². The first-order valence-corrected chi connectivity index (χ1v) is 7.06. The van der Waals surface area contributed by atoms with Gasteiger partial charge in [0.05, 0.1) is 11.9 Å². The van der Waals surface area contributed by atoms with Crippen LogP contribution in [0.15, 0.2) is 30.7 Å². The van der Waals surface area contributed by atoms with Crippen LogP contribution in [0.5, 0.6) is 0 Å². The number of rotatable bonds is 4. The fraction of sp³-hybridized carbons (Fsp3) is 0.400. The summed E-state index contributed by atoms with van der Waals surface area (Å²) in [6.45, 7) is 1.11. The van der Waals surface area contributed by atoms with E-state index < -0.39 is 0 Å². The van der Waals surface area contributed by atoms with Crippen molar-refractivity contribution in [1.29, 1.82) is 0 Å². The number of carbonyl (C=O) groups excluding carboxylic acids is 1. The van der Waals surface area contributed by atoms with Crippen LogP contribution in [0, 0.1) is 0 Å². The maximum Gasteiger partial charge on any atom is 0.249 e. The summed E-state index contributed by atoms with van der Waals surface area (Å²) in [5, 5.41) is 7.09. The van der Waals surface area contributed by atoms with Gasteiger partial charge in [0, 0.05) is 38.2 Å². The van der Waals surface area contributed by atoms with Gasteiger partial charge in [0.1, 0.15) is 6.10 Å². The number of ether oxygens (including phenoxy) is 1. The summed E-state index contributed by atoms with van der Waals surface area (Å²) in [5.74, 6) is -0.0477. The van der Waals surface area contributed by atoms with Crippen LogP contribution in [0.25, 0.3) is 11.3 Å². The maximum absolute atomic E-state index is 12.0. The average Bonchev–Trinajstić information content (AvgIpc) is 3.16. The van der Waals surface area contributed by atoms with Crippen LogP contribution >= 0.6 is 0 Å². The summed E-state index contributed by atoms with van der Waals surface area (Å²) in [4.78, 5) is 16.4. The van der Waals surface area contributed by atoms with Crippen molar-refractivity contribution in [3.8, 4) is 11.3 Å². The van der Waals surface area contributed by atoms with Gasteiger partial charge in [0.2, 0.25) is 5.91 Å². The van der Waals surface area contributed by atoms with Gasteiger partial charge in [-0.2, -0.15) is 5.10 Å². The Morgan fingerprint density at radius 1 is 1.57 bits per heavy atom. The minimum Gasteiger partial charge on any atom is -0.368 e. The minimum atomic E-state index is -0.302. The van der Waals surface area contributed by atoms with Crippen molar-refractivity contribution in [3.63, 3.8) is 0 Å². The molecule has 3 rings (SSSR count). The highest BCUT2D eigenvalue weighted by atomic mass is 16.5. The summed E-state index contributed by atoms with van der Waals surface area (Å²) >= 11 is 0. The summed E-state index contributed by atoms with van der Waals surface area (Å²) in [6.07, 6.45) is 6.87. The largest absolute Gasteiger partial charge is 0.368 e. The lowest BCUT2D eigenvalue weighted by molar-refractivity contribution is -0.130. The Labute approximate surface area is 123 Å². The van der Waals surface area contributed by atoms with E-state index in [1.54, 1.807) is 17.1 Å². The monoisotopic (exact) mass is 286 g/mol. The standard InChI is InChI=1S/C15H18N4O2/c1-19-10-12(9-18-19)14-11(4-2-6-16-14)8-17-15(20)13-5-3-7-21-13/h2,4,6,9-10,13H,3,5,7-8H2,1H3,(H,17,20)/t13-/m0/s1. The highest BCUT2D eigenvalue weighted by Gasteiger charge is 2.23. The molecular formula is C15H18N4O2. The third kappa shape index (κ3) is 3.11. The van der Waals surface area contributed by atoms with Crippen molar-refractivity contribution >= 4 is 5.91 Å². The summed E-state index contributed by atoms with van der Waals surface area (Å²) < 4.78 is 7.12. The first-order valence-electron chi connectivity index (χ1n) is 7.06. The van der Waals surface area contributed by atoms with Crippen molar-refractivity contribution < 1.29 is 9.53 Å². The average molecular weight is 286 g/mol. The molecule has 0 bridgehead atoms. The number of carbonyl (C=O) groups is 1. The lowest BCUT2D eigenvalue weighted by atomic mass is 10.1. The third-order valence-electron chi connectivity index (χ3n) is 3.54. The van der Waals surface area contributed by atoms with Gasteiger partial charge in [-0.05, 0) is 24.5 Å².